The molecule has 0 bridgehead atoms. The SMILES string of the molecule is C/C=C/C(=O)OC[C@@H]1CC[N+]2(CCCCCCCCCC[N+]34CCC[C@@H]3[C@H](COC(=O)/C=C/C)CC4)CCC[C@H]12.[Br-].[Br-]. The van der Waals surface area contributed by atoms with Gasteiger partial charge in [0, 0.05) is 50.7 Å². The zero-order chi connectivity index (χ0) is 28.3. The van der Waals surface area contributed by atoms with Gasteiger partial charge < -0.3 is 52.4 Å². The lowest BCUT2D eigenvalue weighted by Gasteiger charge is -2.36. The molecule has 0 aromatic carbocycles. The number of unbranched alkanes of at least 4 members (excludes halogenated alkanes) is 7. The molecule has 6 atom stereocenters. The van der Waals surface area contributed by atoms with E-state index in [1.54, 1.807) is 12.2 Å². The summed E-state index contributed by atoms with van der Waals surface area (Å²) in [5.41, 5.74) is 0. The minimum Gasteiger partial charge on any atom is -1.00 e. The molecule has 0 aliphatic carbocycles. The van der Waals surface area contributed by atoms with Gasteiger partial charge in [-0.2, -0.15) is 0 Å². The average molecular weight is 719 g/mol. The first-order valence-electron chi connectivity index (χ1n) is 16.8. The van der Waals surface area contributed by atoms with Gasteiger partial charge in [-0.15, -0.1) is 0 Å². The number of carbonyl (C=O) groups excluding carboxylic acids is 2. The van der Waals surface area contributed by atoms with Crippen LogP contribution >= 0.6 is 0 Å². The van der Waals surface area contributed by atoms with Crippen molar-refractivity contribution in [2.24, 2.45) is 11.8 Å². The number of fused-ring (bicyclic) bond motifs is 2. The summed E-state index contributed by atoms with van der Waals surface area (Å²) < 4.78 is 13.7. The van der Waals surface area contributed by atoms with Crippen LogP contribution in [0.1, 0.15) is 104 Å². The van der Waals surface area contributed by atoms with Gasteiger partial charge in [-0.25, -0.2) is 9.59 Å². The topological polar surface area (TPSA) is 52.6 Å². The van der Waals surface area contributed by atoms with Crippen molar-refractivity contribution in [2.75, 3.05) is 52.5 Å². The fraction of sp³-hybridized carbons (Fsp3) is 0.824. The van der Waals surface area contributed by atoms with Crippen LogP contribution in [0, 0.1) is 11.8 Å². The predicted molar refractivity (Wildman–Crippen MR) is 160 cm³/mol. The highest BCUT2D eigenvalue weighted by Crippen LogP contribution is 2.42. The van der Waals surface area contributed by atoms with E-state index in [1.165, 1.54) is 150 Å². The third-order valence-corrected chi connectivity index (χ3v) is 11.0. The van der Waals surface area contributed by atoms with E-state index in [0.29, 0.717) is 25.0 Å². The zero-order valence-electron chi connectivity index (χ0n) is 26.5. The van der Waals surface area contributed by atoms with Gasteiger partial charge in [0.05, 0.1) is 63.2 Å². The van der Waals surface area contributed by atoms with Gasteiger partial charge in [-0.3, -0.25) is 0 Å². The summed E-state index contributed by atoms with van der Waals surface area (Å²) in [6.45, 7) is 12.9. The lowest BCUT2D eigenvalue weighted by atomic mass is 9.99. The molecule has 0 aromatic rings. The maximum atomic E-state index is 11.8. The van der Waals surface area contributed by atoms with Crippen LogP contribution in [-0.4, -0.2) is 85.5 Å². The van der Waals surface area contributed by atoms with Crippen molar-refractivity contribution in [1.29, 1.82) is 0 Å². The lowest BCUT2D eigenvalue weighted by molar-refractivity contribution is -0.929. The molecule has 0 radical (unpaired) electrons. The number of quaternary nitrogens is 2. The van der Waals surface area contributed by atoms with Gasteiger partial charge >= 0.3 is 11.9 Å². The summed E-state index contributed by atoms with van der Waals surface area (Å²) in [5.74, 6) is 0.758. The van der Waals surface area contributed by atoms with Gasteiger partial charge in [0.15, 0.2) is 0 Å². The second kappa shape index (κ2) is 19.0. The molecule has 0 spiro atoms. The summed E-state index contributed by atoms with van der Waals surface area (Å²) in [7, 11) is 0. The Morgan fingerprint density at radius 1 is 0.595 bits per heavy atom. The van der Waals surface area contributed by atoms with Crippen molar-refractivity contribution in [3.8, 4) is 0 Å². The predicted octanol–water partition coefficient (Wildman–Crippen LogP) is 0.352. The molecular formula is C34H58Br2N2O4. The Balaban J connectivity index is 0.00000308. The molecule has 242 valence electrons. The first kappa shape index (κ1) is 37.5. The molecule has 42 heavy (non-hydrogen) atoms. The maximum absolute atomic E-state index is 11.8. The smallest absolute Gasteiger partial charge is 0.330 e. The van der Waals surface area contributed by atoms with Crippen molar-refractivity contribution < 1.29 is 62.0 Å². The van der Waals surface area contributed by atoms with Crippen LogP contribution in [-0.2, 0) is 19.1 Å². The van der Waals surface area contributed by atoms with Gasteiger partial charge in [-0.05, 0) is 39.5 Å². The number of hydrogen-bond donors (Lipinski definition) is 0. The molecule has 4 saturated heterocycles. The number of ether oxygens (including phenoxy) is 2. The van der Waals surface area contributed by atoms with Crippen LogP contribution in [0.3, 0.4) is 0 Å². The molecule has 2 unspecified atom stereocenters. The van der Waals surface area contributed by atoms with E-state index in [4.69, 9.17) is 9.47 Å². The Bertz CT molecular complexity index is 814. The highest BCUT2D eigenvalue weighted by Gasteiger charge is 2.52. The molecule has 4 rings (SSSR count). The van der Waals surface area contributed by atoms with Crippen LogP contribution in [0.4, 0.5) is 0 Å². The Morgan fingerprint density at radius 2 is 0.976 bits per heavy atom. The van der Waals surface area contributed by atoms with Crippen molar-refractivity contribution in [2.45, 2.75) is 116 Å². The van der Waals surface area contributed by atoms with Crippen molar-refractivity contribution in [3.05, 3.63) is 24.3 Å². The van der Waals surface area contributed by atoms with Crippen LogP contribution in [0.15, 0.2) is 24.3 Å². The molecule has 6 nitrogen and oxygen atoms in total. The highest BCUT2D eigenvalue weighted by molar-refractivity contribution is 5.82. The van der Waals surface area contributed by atoms with Crippen LogP contribution < -0.4 is 34.0 Å². The number of nitrogens with zero attached hydrogens (tertiary/aromatic N) is 2. The minimum absolute atomic E-state index is 0. The fourth-order valence-corrected chi connectivity index (χ4v) is 9.09. The molecular weight excluding hydrogens is 660 g/mol. The first-order valence-corrected chi connectivity index (χ1v) is 16.8. The highest BCUT2D eigenvalue weighted by atomic mass is 79.9. The number of carbonyl (C=O) groups is 2. The molecule has 8 heteroatoms. The maximum Gasteiger partial charge on any atom is 0.330 e. The van der Waals surface area contributed by atoms with Crippen LogP contribution in [0.2, 0.25) is 0 Å². The van der Waals surface area contributed by atoms with Crippen LogP contribution in [0.25, 0.3) is 0 Å². The standard InChI is InChI=1S/C34H58N2O4.2BrH/c1-3-15-33(37)39-27-29-19-25-35(23-13-17-31(29)35)21-11-9-7-5-6-8-10-12-22-36-24-14-18-32(36)30(20-26-36)28-40-34(38)16-4-2;;/h3-4,15-16,29-32H,5-14,17-28H2,1-2H3;2*1H/q+2;;/p-2/b15-3+,16-4+;;/t29-,30-,31+,32+,35?,36?;;/m0../s1. The molecule has 4 aliphatic rings. The van der Waals surface area contributed by atoms with Crippen molar-refractivity contribution in [3.63, 3.8) is 0 Å². The van der Waals surface area contributed by atoms with Crippen LogP contribution in [0.5, 0.6) is 0 Å². The molecule has 0 saturated carbocycles. The third kappa shape index (κ3) is 9.90. The van der Waals surface area contributed by atoms with Gasteiger partial charge in [-0.1, -0.05) is 37.8 Å². The van der Waals surface area contributed by atoms with E-state index in [2.05, 4.69) is 0 Å². The zero-order valence-corrected chi connectivity index (χ0v) is 29.6. The Morgan fingerprint density at radius 3 is 1.36 bits per heavy atom. The normalized spacial score (nSPS) is 31.6. The van der Waals surface area contributed by atoms with Crippen molar-refractivity contribution in [1.82, 2.24) is 0 Å². The molecule has 0 N–H and O–H groups in total. The summed E-state index contributed by atoms with van der Waals surface area (Å²) >= 11 is 0. The van der Waals surface area contributed by atoms with E-state index in [1.807, 2.05) is 13.8 Å². The number of esters is 2. The largest absolute Gasteiger partial charge is 1.00 e. The Labute approximate surface area is 277 Å². The lowest BCUT2D eigenvalue weighted by Crippen LogP contribution is -3.00. The monoisotopic (exact) mass is 716 g/mol. The summed E-state index contributed by atoms with van der Waals surface area (Å²) in [6, 6.07) is 1.44. The summed E-state index contributed by atoms with van der Waals surface area (Å²) in [4.78, 5) is 23.5. The minimum atomic E-state index is -0.181. The average Bonchev–Trinajstić information content (AvgIpc) is 3.69. The number of hydrogen-bond acceptors (Lipinski definition) is 4. The second-order valence-electron chi connectivity index (χ2n) is 13.4. The second-order valence-corrected chi connectivity index (χ2v) is 13.4. The van der Waals surface area contributed by atoms with Crippen molar-refractivity contribution >= 4 is 11.9 Å². The van der Waals surface area contributed by atoms with Gasteiger partial charge in [0.25, 0.3) is 0 Å². The fourth-order valence-electron chi connectivity index (χ4n) is 9.09. The van der Waals surface area contributed by atoms with E-state index in [-0.39, 0.29) is 45.9 Å². The number of rotatable bonds is 17. The van der Waals surface area contributed by atoms with E-state index in [9.17, 15) is 9.59 Å². The molecule has 4 aliphatic heterocycles. The molecule has 0 amide bonds. The van der Waals surface area contributed by atoms with E-state index in [0.717, 1.165) is 12.1 Å². The Hall–Kier alpha value is -0.700. The van der Waals surface area contributed by atoms with E-state index < -0.39 is 0 Å². The summed E-state index contributed by atoms with van der Waals surface area (Å²) in [6.07, 6.45) is 25.3. The quantitative estimate of drug-likeness (QED) is 0.0945. The van der Waals surface area contributed by atoms with Gasteiger partial charge in [0.2, 0.25) is 0 Å². The van der Waals surface area contributed by atoms with Gasteiger partial charge in [0.1, 0.15) is 13.2 Å². The third-order valence-electron chi connectivity index (χ3n) is 11.0. The Kier molecular flexibility index (Phi) is 16.9. The molecule has 4 heterocycles. The first-order chi connectivity index (χ1) is 19.5. The summed E-state index contributed by atoms with van der Waals surface area (Å²) in [5, 5.41) is 0. The molecule has 0 aromatic heterocycles. The molecule has 4 fully saturated rings. The number of halogens is 2. The van der Waals surface area contributed by atoms with E-state index >= 15 is 0 Å². The number of allylic oxidation sites excluding steroid dienone is 2.